The van der Waals surface area contributed by atoms with Gasteiger partial charge in [-0.3, -0.25) is 4.79 Å². The number of carbonyl (C=O) groups is 1. The minimum Gasteiger partial charge on any atom is -0.375 e. The average molecular weight is 463 g/mol. The summed E-state index contributed by atoms with van der Waals surface area (Å²) < 4.78 is 2.74. The van der Waals surface area contributed by atoms with Crippen LogP contribution in [0, 0.1) is 0 Å². The molecule has 0 fully saturated rings. The molecule has 0 spiro atoms. The maximum absolute atomic E-state index is 11.9. The number of hydrogen-bond donors (Lipinski definition) is 2. The van der Waals surface area contributed by atoms with E-state index in [1.54, 1.807) is 0 Å². The zero-order valence-corrected chi connectivity index (χ0v) is 15.0. The number of hydrogen-bond acceptors (Lipinski definition) is 2. The monoisotopic (exact) mass is 460 g/mol. The van der Waals surface area contributed by atoms with Crippen LogP contribution < -0.4 is 10.6 Å². The first-order valence-electron chi connectivity index (χ1n) is 5.79. The second kappa shape index (κ2) is 7.24. The Hall–Kier alpha value is -0.850. The van der Waals surface area contributed by atoms with E-state index in [9.17, 15) is 4.79 Å². The molecule has 0 bridgehead atoms. The number of nitrogens with one attached hydrogen (secondary N) is 2. The van der Waals surface area contributed by atoms with Gasteiger partial charge in [0.05, 0.1) is 12.2 Å². The molecule has 104 valence electrons. The quantitative estimate of drug-likeness (QED) is 0.669. The van der Waals surface area contributed by atoms with Crippen molar-refractivity contribution < 1.29 is 4.79 Å². The van der Waals surface area contributed by atoms with E-state index in [-0.39, 0.29) is 12.5 Å². The van der Waals surface area contributed by atoms with Crippen LogP contribution in [0.2, 0.25) is 0 Å². The van der Waals surface area contributed by atoms with E-state index in [1.807, 2.05) is 42.5 Å². The van der Waals surface area contributed by atoms with Crippen molar-refractivity contribution >= 4 is 65.1 Å². The van der Waals surface area contributed by atoms with Crippen LogP contribution in [0.4, 0.5) is 11.4 Å². The van der Waals surface area contributed by atoms with Crippen molar-refractivity contribution in [3.63, 3.8) is 0 Å². The Bertz CT molecular complexity index is 632. The largest absolute Gasteiger partial charge is 0.375 e. The summed E-state index contributed by atoms with van der Waals surface area (Å²) in [6.07, 6.45) is 0. The molecule has 0 radical (unpaired) electrons. The lowest BCUT2D eigenvalue weighted by atomic mass is 10.3. The molecule has 2 aromatic carbocycles. The summed E-state index contributed by atoms with van der Waals surface area (Å²) in [5.74, 6) is -0.105. The smallest absolute Gasteiger partial charge is 0.243 e. The minimum absolute atomic E-state index is 0.105. The Balaban J connectivity index is 1.94. The van der Waals surface area contributed by atoms with Crippen LogP contribution in [0.15, 0.2) is 55.9 Å². The van der Waals surface area contributed by atoms with Crippen LogP contribution in [0.3, 0.4) is 0 Å². The van der Waals surface area contributed by atoms with Gasteiger partial charge < -0.3 is 10.6 Å². The van der Waals surface area contributed by atoms with E-state index >= 15 is 0 Å². The van der Waals surface area contributed by atoms with Crippen molar-refractivity contribution in [1.29, 1.82) is 0 Å². The average Bonchev–Trinajstić information content (AvgIpc) is 2.40. The summed E-state index contributed by atoms with van der Waals surface area (Å²) in [5, 5.41) is 5.92. The van der Waals surface area contributed by atoms with Gasteiger partial charge in [-0.2, -0.15) is 0 Å². The van der Waals surface area contributed by atoms with E-state index in [2.05, 4.69) is 58.4 Å². The Morgan fingerprint density at radius 2 is 1.70 bits per heavy atom. The summed E-state index contributed by atoms with van der Waals surface area (Å²) >= 11 is 10.2. The van der Waals surface area contributed by atoms with Crippen molar-refractivity contribution in [2.75, 3.05) is 17.2 Å². The summed E-state index contributed by atoms with van der Waals surface area (Å²) in [6.45, 7) is 0.196. The van der Waals surface area contributed by atoms with Crippen molar-refractivity contribution in [3.8, 4) is 0 Å². The summed E-state index contributed by atoms with van der Waals surface area (Å²) in [4.78, 5) is 11.9. The Morgan fingerprint density at radius 3 is 2.40 bits per heavy atom. The Labute approximate surface area is 142 Å². The number of halogens is 3. The SMILES string of the molecule is O=C(CNc1ccc(Br)cc1Br)Nc1ccccc1Br. The number of anilines is 2. The summed E-state index contributed by atoms with van der Waals surface area (Å²) in [7, 11) is 0. The molecule has 0 aromatic heterocycles. The maximum atomic E-state index is 11.9. The summed E-state index contributed by atoms with van der Waals surface area (Å²) in [5.41, 5.74) is 1.63. The van der Waals surface area contributed by atoms with Crippen LogP contribution >= 0.6 is 47.8 Å². The van der Waals surface area contributed by atoms with E-state index < -0.39 is 0 Å². The normalized spacial score (nSPS) is 10.2. The fraction of sp³-hybridized carbons (Fsp3) is 0.0714. The molecule has 0 saturated carbocycles. The first-order valence-corrected chi connectivity index (χ1v) is 8.17. The molecule has 0 aliphatic heterocycles. The van der Waals surface area contributed by atoms with Gasteiger partial charge in [0.15, 0.2) is 0 Å². The third kappa shape index (κ3) is 4.33. The molecule has 3 nitrogen and oxygen atoms in total. The van der Waals surface area contributed by atoms with Crippen LogP contribution in [0.25, 0.3) is 0 Å². The molecule has 0 aliphatic carbocycles. The third-order valence-electron chi connectivity index (χ3n) is 2.52. The van der Waals surface area contributed by atoms with Crippen LogP contribution in [-0.2, 0) is 4.79 Å². The third-order valence-corrected chi connectivity index (χ3v) is 4.36. The lowest BCUT2D eigenvalue weighted by Crippen LogP contribution is -2.22. The highest BCUT2D eigenvalue weighted by atomic mass is 79.9. The first kappa shape index (κ1) is 15.5. The highest BCUT2D eigenvalue weighted by molar-refractivity contribution is 9.11. The van der Waals surface area contributed by atoms with Gasteiger partial charge in [-0.1, -0.05) is 28.1 Å². The second-order valence-electron chi connectivity index (χ2n) is 4.01. The van der Waals surface area contributed by atoms with E-state index in [0.29, 0.717) is 0 Å². The molecular weight excluding hydrogens is 452 g/mol. The number of rotatable bonds is 4. The molecule has 0 heterocycles. The predicted octanol–water partition coefficient (Wildman–Crippen LogP) is 5.02. The highest BCUT2D eigenvalue weighted by Gasteiger charge is 2.06. The van der Waals surface area contributed by atoms with Gasteiger partial charge in [0.25, 0.3) is 0 Å². The Morgan fingerprint density at radius 1 is 0.950 bits per heavy atom. The predicted molar refractivity (Wildman–Crippen MR) is 93.1 cm³/mol. The molecule has 2 aromatic rings. The minimum atomic E-state index is -0.105. The van der Waals surface area contributed by atoms with Crippen molar-refractivity contribution in [1.82, 2.24) is 0 Å². The lowest BCUT2D eigenvalue weighted by molar-refractivity contribution is -0.114. The van der Waals surface area contributed by atoms with Crippen molar-refractivity contribution in [2.24, 2.45) is 0 Å². The molecule has 0 atom stereocenters. The fourth-order valence-corrected chi connectivity index (χ4v) is 3.14. The topological polar surface area (TPSA) is 41.1 Å². The maximum Gasteiger partial charge on any atom is 0.243 e. The van der Waals surface area contributed by atoms with Gasteiger partial charge in [0.2, 0.25) is 5.91 Å². The van der Waals surface area contributed by atoms with Gasteiger partial charge in [-0.25, -0.2) is 0 Å². The van der Waals surface area contributed by atoms with Gasteiger partial charge in [0.1, 0.15) is 0 Å². The summed E-state index contributed by atoms with van der Waals surface area (Å²) in [6, 6.07) is 13.2. The molecule has 2 rings (SSSR count). The zero-order valence-electron chi connectivity index (χ0n) is 10.3. The zero-order chi connectivity index (χ0) is 14.5. The molecular formula is C14H11Br3N2O. The molecule has 2 N–H and O–H groups in total. The van der Waals surface area contributed by atoms with Crippen LogP contribution in [-0.4, -0.2) is 12.5 Å². The number of benzene rings is 2. The molecule has 20 heavy (non-hydrogen) atoms. The number of amides is 1. The first-order chi connectivity index (χ1) is 9.56. The fourth-order valence-electron chi connectivity index (χ4n) is 1.57. The molecule has 0 unspecified atom stereocenters. The van der Waals surface area contributed by atoms with E-state index in [0.717, 1.165) is 24.8 Å². The molecule has 6 heteroatoms. The van der Waals surface area contributed by atoms with Crippen molar-refractivity contribution in [3.05, 3.63) is 55.9 Å². The van der Waals surface area contributed by atoms with Gasteiger partial charge >= 0.3 is 0 Å². The van der Waals surface area contributed by atoms with Gasteiger partial charge in [-0.05, 0) is 62.2 Å². The Kier molecular flexibility index (Phi) is 5.63. The van der Waals surface area contributed by atoms with E-state index in [1.165, 1.54) is 0 Å². The van der Waals surface area contributed by atoms with E-state index in [4.69, 9.17) is 0 Å². The lowest BCUT2D eigenvalue weighted by Gasteiger charge is -2.10. The number of carbonyl (C=O) groups excluding carboxylic acids is 1. The molecule has 1 amide bonds. The van der Waals surface area contributed by atoms with Crippen LogP contribution in [0.1, 0.15) is 0 Å². The highest BCUT2D eigenvalue weighted by Crippen LogP contribution is 2.26. The van der Waals surface area contributed by atoms with Crippen molar-refractivity contribution in [2.45, 2.75) is 0 Å². The van der Waals surface area contributed by atoms with Crippen LogP contribution in [0.5, 0.6) is 0 Å². The molecule has 0 saturated heterocycles. The standard InChI is InChI=1S/C14H11Br3N2O/c15-9-5-6-12(11(17)7-9)18-8-14(20)19-13-4-2-1-3-10(13)16/h1-7,18H,8H2,(H,19,20). The molecule has 0 aliphatic rings. The second-order valence-corrected chi connectivity index (χ2v) is 6.63. The van der Waals surface area contributed by atoms with Gasteiger partial charge in [0, 0.05) is 19.1 Å². The van der Waals surface area contributed by atoms with Gasteiger partial charge in [-0.15, -0.1) is 0 Å². The number of para-hydroxylation sites is 1.